The lowest BCUT2D eigenvalue weighted by molar-refractivity contribution is 0.110. The van der Waals surface area contributed by atoms with Crippen molar-refractivity contribution in [3.05, 3.63) is 34.6 Å². The summed E-state index contributed by atoms with van der Waals surface area (Å²) in [7, 11) is 1.73. The molecule has 0 saturated heterocycles. The number of aromatic nitrogens is 2. The van der Waals surface area contributed by atoms with Gasteiger partial charge in [0.1, 0.15) is 18.2 Å². The Kier molecular flexibility index (Phi) is 8.64. The minimum absolute atomic E-state index is 0.0694. The maximum Gasteiger partial charge on any atom is 0.148 e. The molecule has 0 bridgehead atoms. The molecule has 2 aromatic rings. The molecule has 31 heavy (non-hydrogen) atoms. The second-order valence-corrected chi connectivity index (χ2v) is 8.06. The monoisotopic (exact) mass is 429 g/mol. The molecule has 1 aliphatic rings. The zero-order valence-electron chi connectivity index (χ0n) is 19.4. The SMILES string of the molecule is CCc1nc(-c2cc3c(cc2OC)CCCC3)c(CC)nc1N[C@@H](CC)COCCF. The van der Waals surface area contributed by atoms with Crippen LogP contribution in [0.4, 0.5) is 10.2 Å². The molecule has 1 aliphatic carbocycles. The molecule has 1 aromatic heterocycles. The van der Waals surface area contributed by atoms with Gasteiger partial charge >= 0.3 is 0 Å². The Balaban J connectivity index is 1.99. The number of halogens is 1. The van der Waals surface area contributed by atoms with E-state index in [0.717, 1.165) is 66.3 Å². The van der Waals surface area contributed by atoms with Gasteiger partial charge in [0.2, 0.25) is 0 Å². The molecule has 0 fully saturated rings. The molecule has 1 heterocycles. The van der Waals surface area contributed by atoms with Gasteiger partial charge in [0.05, 0.1) is 43.4 Å². The number of hydrogen-bond acceptors (Lipinski definition) is 5. The summed E-state index contributed by atoms with van der Waals surface area (Å²) in [6, 6.07) is 4.53. The first kappa shape index (κ1) is 23.5. The molecule has 170 valence electrons. The van der Waals surface area contributed by atoms with Crippen molar-refractivity contribution in [3.63, 3.8) is 0 Å². The lowest BCUT2D eigenvalue weighted by atomic mass is 9.89. The summed E-state index contributed by atoms with van der Waals surface area (Å²) in [5.74, 6) is 1.68. The van der Waals surface area contributed by atoms with Crippen LogP contribution < -0.4 is 10.1 Å². The highest BCUT2D eigenvalue weighted by Gasteiger charge is 2.21. The van der Waals surface area contributed by atoms with Gasteiger partial charge in [0.25, 0.3) is 0 Å². The summed E-state index contributed by atoms with van der Waals surface area (Å²) in [4.78, 5) is 10.1. The van der Waals surface area contributed by atoms with Gasteiger partial charge in [-0.2, -0.15) is 0 Å². The molecular weight excluding hydrogens is 393 g/mol. The van der Waals surface area contributed by atoms with Crippen LogP contribution in [0.25, 0.3) is 11.3 Å². The summed E-state index contributed by atoms with van der Waals surface area (Å²) in [6.07, 6.45) is 7.10. The van der Waals surface area contributed by atoms with Gasteiger partial charge in [-0.15, -0.1) is 0 Å². The maximum atomic E-state index is 12.4. The van der Waals surface area contributed by atoms with Crippen molar-refractivity contribution in [1.82, 2.24) is 9.97 Å². The predicted octanol–water partition coefficient (Wildman–Crippen LogP) is 5.33. The van der Waals surface area contributed by atoms with Crippen molar-refractivity contribution in [2.24, 2.45) is 0 Å². The topological polar surface area (TPSA) is 56.3 Å². The summed E-state index contributed by atoms with van der Waals surface area (Å²) in [5, 5.41) is 3.49. The minimum Gasteiger partial charge on any atom is -0.496 e. The normalized spacial score (nSPS) is 14.2. The van der Waals surface area contributed by atoms with E-state index in [1.165, 1.54) is 24.0 Å². The molecule has 0 radical (unpaired) electrons. The van der Waals surface area contributed by atoms with E-state index in [0.29, 0.717) is 6.61 Å². The van der Waals surface area contributed by atoms with Crippen molar-refractivity contribution in [2.75, 3.05) is 32.3 Å². The second-order valence-electron chi connectivity index (χ2n) is 8.06. The van der Waals surface area contributed by atoms with Crippen LogP contribution in [0.2, 0.25) is 0 Å². The standard InChI is InChI=1S/C25H36FN3O2/c1-5-19(16-31-13-12-26)27-25-22(7-3)28-24(21(6-2)29-25)20-14-17-10-8-9-11-18(17)15-23(20)30-4/h14-15,19H,5-13,16H2,1-4H3,(H,27,29)/t19-/m0/s1. The number of nitrogens with one attached hydrogen (secondary N) is 1. The van der Waals surface area contributed by atoms with Crippen LogP contribution in [0.3, 0.4) is 0 Å². The molecule has 0 saturated carbocycles. The number of nitrogens with zero attached hydrogens (tertiary/aromatic N) is 2. The van der Waals surface area contributed by atoms with Crippen molar-refractivity contribution >= 4 is 5.82 Å². The lowest BCUT2D eigenvalue weighted by Gasteiger charge is -2.22. The predicted molar refractivity (Wildman–Crippen MR) is 124 cm³/mol. The fourth-order valence-electron chi connectivity index (χ4n) is 4.18. The van der Waals surface area contributed by atoms with Crippen LogP contribution in [0.15, 0.2) is 12.1 Å². The van der Waals surface area contributed by atoms with Crippen LogP contribution in [-0.4, -0.2) is 43.0 Å². The quantitative estimate of drug-likeness (QED) is 0.489. The average molecular weight is 430 g/mol. The Bertz CT molecular complexity index is 872. The Labute approximate surface area is 185 Å². The van der Waals surface area contributed by atoms with Crippen LogP contribution in [0.1, 0.15) is 62.5 Å². The number of benzene rings is 1. The molecule has 0 aliphatic heterocycles. The highest BCUT2D eigenvalue weighted by Crippen LogP contribution is 2.37. The van der Waals surface area contributed by atoms with Crippen LogP contribution in [0, 0.1) is 0 Å². The van der Waals surface area contributed by atoms with E-state index in [2.05, 4.69) is 38.2 Å². The summed E-state index contributed by atoms with van der Waals surface area (Å²) < 4.78 is 23.6. The van der Waals surface area contributed by atoms with Crippen molar-refractivity contribution in [3.8, 4) is 17.0 Å². The van der Waals surface area contributed by atoms with Gasteiger partial charge in [0.15, 0.2) is 0 Å². The first-order chi connectivity index (χ1) is 15.1. The Hall–Kier alpha value is -2.21. The van der Waals surface area contributed by atoms with Gasteiger partial charge in [-0.25, -0.2) is 14.4 Å². The zero-order chi connectivity index (χ0) is 22.2. The molecule has 0 amide bonds. The van der Waals surface area contributed by atoms with Gasteiger partial charge in [0, 0.05) is 5.56 Å². The number of fused-ring (bicyclic) bond motifs is 1. The van der Waals surface area contributed by atoms with Gasteiger partial charge in [-0.1, -0.05) is 20.8 Å². The van der Waals surface area contributed by atoms with Gasteiger partial charge in [-0.05, 0) is 68.2 Å². The van der Waals surface area contributed by atoms with E-state index in [1.54, 1.807) is 7.11 Å². The van der Waals surface area contributed by atoms with Gasteiger partial charge < -0.3 is 14.8 Å². The number of hydrogen-bond donors (Lipinski definition) is 1. The fourth-order valence-corrected chi connectivity index (χ4v) is 4.18. The van der Waals surface area contributed by atoms with E-state index < -0.39 is 6.67 Å². The Morgan fingerprint density at radius 3 is 2.35 bits per heavy atom. The first-order valence-corrected chi connectivity index (χ1v) is 11.6. The van der Waals surface area contributed by atoms with Crippen LogP contribution in [0.5, 0.6) is 5.75 Å². The molecule has 0 spiro atoms. The molecule has 5 nitrogen and oxygen atoms in total. The summed E-state index contributed by atoms with van der Waals surface area (Å²) in [6.45, 7) is 6.40. The largest absolute Gasteiger partial charge is 0.496 e. The first-order valence-electron chi connectivity index (χ1n) is 11.6. The average Bonchev–Trinajstić information content (AvgIpc) is 2.82. The number of anilines is 1. The van der Waals surface area contributed by atoms with Crippen molar-refractivity contribution in [1.29, 1.82) is 0 Å². The number of alkyl halides is 1. The summed E-state index contributed by atoms with van der Waals surface area (Å²) >= 11 is 0. The number of aryl methyl sites for hydroxylation is 4. The maximum absolute atomic E-state index is 12.4. The summed E-state index contributed by atoms with van der Waals surface area (Å²) in [5.41, 5.74) is 6.63. The Morgan fingerprint density at radius 2 is 1.74 bits per heavy atom. The van der Waals surface area contributed by atoms with Crippen molar-refractivity contribution < 1.29 is 13.9 Å². The number of methoxy groups -OCH3 is 1. The smallest absolute Gasteiger partial charge is 0.148 e. The van der Waals surface area contributed by atoms with Crippen molar-refractivity contribution in [2.45, 2.75) is 71.8 Å². The van der Waals surface area contributed by atoms with E-state index in [9.17, 15) is 4.39 Å². The highest BCUT2D eigenvalue weighted by molar-refractivity contribution is 5.72. The van der Waals surface area contributed by atoms with E-state index in [1.807, 2.05) is 0 Å². The fraction of sp³-hybridized carbons (Fsp3) is 0.600. The zero-order valence-corrected chi connectivity index (χ0v) is 19.4. The lowest BCUT2D eigenvalue weighted by Crippen LogP contribution is -2.27. The molecule has 0 unspecified atom stereocenters. The molecule has 1 aromatic carbocycles. The molecule has 1 N–H and O–H groups in total. The van der Waals surface area contributed by atoms with E-state index >= 15 is 0 Å². The second kappa shape index (κ2) is 11.4. The van der Waals surface area contributed by atoms with Gasteiger partial charge in [-0.3, -0.25) is 0 Å². The third kappa shape index (κ3) is 5.53. The van der Waals surface area contributed by atoms with Crippen LogP contribution >= 0.6 is 0 Å². The third-order valence-electron chi connectivity index (χ3n) is 6.00. The molecule has 6 heteroatoms. The molecular formula is C25H36FN3O2. The highest BCUT2D eigenvalue weighted by atomic mass is 19.1. The molecule has 3 rings (SSSR count). The van der Waals surface area contributed by atoms with Crippen LogP contribution in [-0.2, 0) is 30.4 Å². The van der Waals surface area contributed by atoms with E-state index in [-0.39, 0.29) is 12.6 Å². The van der Waals surface area contributed by atoms with E-state index in [4.69, 9.17) is 19.4 Å². The third-order valence-corrected chi connectivity index (χ3v) is 6.00. The number of ether oxygens (including phenoxy) is 2. The minimum atomic E-state index is -0.465. The molecule has 1 atom stereocenters. The number of rotatable bonds is 11. The Morgan fingerprint density at radius 1 is 1.03 bits per heavy atom.